The van der Waals surface area contributed by atoms with Crippen molar-refractivity contribution in [2.24, 2.45) is 0 Å². The van der Waals surface area contributed by atoms with Crippen LogP contribution in [0.2, 0.25) is 0 Å². The number of allylic oxidation sites excluding steroid dienone is 1. The SMILES string of the molecule is CC1=C(C(=O)OCc2ccccc2)C(c2csnn2)NC(=S)N1. The van der Waals surface area contributed by atoms with E-state index in [4.69, 9.17) is 17.0 Å². The fourth-order valence-corrected chi connectivity index (χ4v) is 3.04. The third-order valence-corrected chi connectivity index (χ3v) is 4.12. The van der Waals surface area contributed by atoms with E-state index in [9.17, 15) is 4.79 Å². The zero-order chi connectivity index (χ0) is 16.2. The van der Waals surface area contributed by atoms with Gasteiger partial charge in [0.05, 0.1) is 5.57 Å². The van der Waals surface area contributed by atoms with Crippen LogP contribution in [0.3, 0.4) is 0 Å². The van der Waals surface area contributed by atoms with Gasteiger partial charge in [-0.25, -0.2) is 4.79 Å². The van der Waals surface area contributed by atoms with E-state index < -0.39 is 12.0 Å². The van der Waals surface area contributed by atoms with Gasteiger partial charge in [0.2, 0.25) is 0 Å². The first-order chi connectivity index (χ1) is 11.1. The van der Waals surface area contributed by atoms with Crippen molar-refractivity contribution in [3.8, 4) is 0 Å². The molecule has 0 amide bonds. The molecular weight excluding hydrogens is 332 g/mol. The van der Waals surface area contributed by atoms with Gasteiger partial charge in [0.25, 0.3) is 0 Å². The minimum atomic E-state index is -0.453. The number of rotatable bonds is 4. The Labute approximate surface area is 142 Å². The maximum absolute atomic E-state index is 12.5. The first kappa shape index (κ1) is 15.6. The van der Waals surface area contributed by atoms with Gasteiger partial charge in [0.1, 0.15) is 18.3 Å². The van der Waals surface area contributed by atoms with E-state index in [1.54, 1.807) is 12.3 Å². The van der Waals surface area contributed by atoms with Crippen LogP contribution in [0.15, 0.2) is 47.0 Å². The molecular formula is C15H14N4O2S2. The second-order valence-electron chi connectivity index (χ2n) is 4.96. The quantitative estimate of drug-likeness (QED) is 0.648. The number of carbonyl (C=O) groups is 1. The molecule has 0 bridgehead atoms. The van der Waals surface area contributed by atoms with Crippen molar-refractivity contribution in [1.82, 2.24) is 20.2 Å². The largest absolute Gasteiger partial charge is 0.457 e. The van der Waals surface area contributed by atoms with Gasteiger partial charge in [-0.3, -0.25) is 0 Å². The number of nitrogens with zero attached hydrogens (tertiary/aromatic N) is 2. The van der Waals surface area contributed by atoms with Crippen LogP contribution < -0.4 is 10.6 Å². The van der Waals surface area contributed by atoms with Gasteiger partial charge in [0, 0.05) is 11.1 Å². The standard InChI is InChI=1S/C15H14N4O2S2/c1-9-12(14(20)21-7-10-5-3-2-4-6-10)13(17-15(22)16-9)11-8-23-19-18-11/h2-6,8,13H,7H2,1H3,(H2,16,17,22). The number of thiocarbonyl (C=S) groups is 1. The molecule has 1 unspecified atom stereocenters. The number of nitrogens with one attached hydrogen (secondary N) is 2. The molecule has 0 fully saturated rings. The predicted molar refractivity (Wildman–Crippen MR) is 90.5 cm³/mol. The third kappa shape index (κ3) is 3.54. The van der Waals surface area contributed by atoms with E-state index in [1.807, 2.05) is 30.3 Å². The highest BCUT2D eigenvalue weighted by Gasteiger charge is 2.32. The molecule has 0 saturated heterocycles. The first-order valence-corrected chi connectivity index (χ1v) is 8.16. The molecule has 1 aromatic carbocycles. The number of benzene rings is 1. The topological polar surface area (TPSA) is 76.1 Å². The van der Waals surface area contributed by atoms with Gasteiger partial charge in [-0.1, -0.05) is 34.8 Å². The molecule has 0 radical (unpaired) electrons. The maximum atomic E-state index is 12.5. The van der Waals surface area contributed by atoms with Gasteiger partial charge >= 0.3 is 5.97 Å². The Balaban J connectivity index is 1.81. The Morgan fingerprint density at radius 3 is 2.87 bits per heavy atom. The van der Waals surface area contributed by atoms with Gasteiger partial charge in [-0.2, -0.15) is 0 Å². The van der Waals surface area contributed by atoms with Crippen molar-refractivity contribution in [3.63, 3.8) is 0 Å². The molecule has 0 aliphatic carbocycles. The summed E-state index contributed by atoms with van der Waals surface area (Å²) < 4.78 is 9.28. The second kappa shape index (κ2) is 6.84. The molecule has 2 aromatic rings. The van der Waals surface area contributed by atoms with Crippen molar-refractivity contribution in [2.75, 3.05) is 0 Å². The molecule has 0 saturated carbocycles. The average molecular weight is 346 g/mol. The molecule has 1 atom stereocenters. The van der Waals surface area contributed by atoms with Gasteiger partial charge in [0.15, 0.2) is 5.11 Å². The minimum Gasteiger partial charge on any atom is -0.457 e. The van der Waals surface area contributed by atoms with Crippen LogP contribution in [-0.4, -0.2) is 20.7 Å². The van der Waals surface area contributed by atoms with E-state index >= 15 is 0 Å². The maximum Gasteiger partial charge on any atom is 0.338 e. The second-order valence-corrected chi connectivity index (χ2v) is 5.98. The molecule has 6 nitrogen and oxygen atoms in total. The number of hydrogen-bond acceptors (Lipinski definition) is 6. The number of hydrogen-bond donors (Lipinski definition) is 2. The first-order valence-electron chi connectivity index (χ1n) is 6.91. The summed E-state index contributed by atoms with van der Waals surface area (Å²) in [5, 5.41) is 12.3. The smallest absolute Gasteiger partial charge is 0.338 e. The van der Waals surface area contributed by atoms with Crippen LogP contribution in [0.4, 0.5) is 0 Å². The Bertz CT molecular complexity index is 744. The number of carbonyl (C=O) groups excluding carboxylic acids is 1. The molecule has 1 aliphatic heterocycles. The number of ether oxygens (including phenoxy) is 1. The number of aromatic nitrogens is 2. The van der Waals surface area contributed by atoms with Crippen molar-refractivity contribution in [1.29, 1.82) is 0 Å². The van der Waals surface area contributed by atoms with Crippen LogP contribution in [0, 0.1) is 0 Å². The molecule has 8 heteroatoms. The van der Waals surface area contributed by atoms with E-state index in [0.29, 0.717) is 22.1 Å². The Morgan fingerprint density at radius 1 is 1.39 bits per heavy atom. The summed E-state index contributed by atoms with van der Waals surface area (Å²) in [6, 6.07) is 9.08. The van der Waals surface area contributed by atoms with Crippen LogP contribution >= 0.6 is 23.8 Å². The van der Waals surface area contributed by atoms with Gasteiger partial charge in [-0.15, -0.1) is 5.10 Å². The predicted octanol–water partition coefficient (Wildman–Crippen LogP) is 2.07. The van der Waals surface area contributed by atoms with E-state index in [-0.39, 0.29) is 6.61 Å². The summed E-state index contributed by atoms with van der Waals surface area (Å²) in [5.41, 5.74) is 2.69. The molecule has 23 heavy (non-hydrogen) atoms. The highest BCUT2D eigenvalue weighted by molar-refractivity contribution is 7.80. The normalized spacial score (nSPS) is 17.4. The van der Waals surface area contributed by atoms with Crippen molar-refractivity contribution in [3.05, 3.63) is 58.2 Å². The lowest BCUT2D eigenvalue weighted by molar-refractivity contribution is -0.140. The van der Waals surface area contributed by atoms with Crippen LogP contribution in [-0.2, 0) is 16.1 Å². The molecule has 1 aromatic heterocycles. The monoisotopic (exact) mass is 346 g/mol. The van der Waals surface area contributed by atoms with Crippen molar-refractivity contribution < 1.29 is 9.53 Å². The highest BCUT2D eigenvalue weighted by Crippen LogP contribution is 2.27. The lowest BCUT2D eigenvalue weighted by Gasteiger charge is -2.28. The van der Waals surface area contributed by atoms with Crippen molar-refractivity contribution >= 4 is 34.8 Å². The van der Waals surface area contributed by atoms with E-state index in [2.05, 4.69) is 20.2 Å². The molecule has 3 rings (SSSR count). The fourth-order valence-electron chi connectivity index (χ4n) is 2.28. The Hall–Kier alpha value is -2.32. The summed E-state index contributed by atoms with van der Waals surface area (Å²) in [7, 11) is 0. The molecule has 2 N–H and O–H groups in total. The molecule has 1 aliphatic rings. The van der Waals surface area contributed by atoms with Crippen molar-refractivity contribution in [2.45, 2.75) is 19.6 Å². The molecule has 2 heterocycles. The summed E-state index contributed by atoms with van der Waals surface area (Å²) >= 11 is 6.38. The highest BCUT2D eigenvalue weighted by atomic mass is 32.1. The average Bonchev–Trinajstić information content (AvgIpc) is 3.07. The molecule has 0 spiro atoms. The van der Waals surface area contributed by atoms with Crippen LogP contribution in [0.1, 0.15) is 24.2 Å². The Kier molecular flexibility index (Phi) is 4.63. The van der Waals surface area contributed by atoms with Crippen LogP contribution in [0.5, 0.6) is 0 Å². The van der Waals surface area contributed by atoms with Crippen LogP contribution in [0.25, 0.3) is 0 Å². The van der Waals surface area contributed by atoms with Gasteiger partial charge < -0.3 is 15.4 Å². The zero-order valence-electron chi connectivity index (χ0n) is 12.3. The summed E-state index contributed by atoms with van der Waals surface area (Å²) in [6.07, 6.45) is 0. The zero-order valence-corrected chi connectivity index (χ0v) is 13.9. The summed E-state index contributed by atoms with van der Waals surface area (Å²) in [5.74, 6) is -0.410. The lowest BCUT2D eigenvalue weighted by atomic mass is 10.0. The third-order valence-electron chi connectivity index (χ3n) is 3.37. The summed E-state index contributed by atoms with van der Waals surface area (Å²) in [6.45, 7) is 2.00. The fraction of sp³-hybridized carbons (Fsp3) is 0.200. The minimum absolute atomic E-state index is 0.211. The molecule has 118 valence electrons. The number of esters is 1. The van der Waals surface area contributed by atoms with E-state index in [0.717, 1.165) is 5.56 Å². The van der Waals surface area contributed by atoms with Gasteiger partial charge in [-0.05, 0) is 36.2 Å². The Morgan fingerprint density at radius 2 is 2.17 bits per heavy atom. The van der Waals surface area contributed by atoms with E-state index in [1.165, 1.54) is 11.5 Å². The summed E-state index contributed by atoms with van der Waals surface area (Å²) in [4.78, 5) is 12.5. The lowest BCUT2D eigenvalue weighted by Crippen LogP contribution is -2.45.